The van der Waals surface area contributed by atoms with E-state index in [1.165, 1.54) is 6.07 Å². The highest BCUT2D eigenvalue weighted by Crippen LogP contribution is 2.68. The second-order valence-electron chi connectivity index (χ2n) is 16.0. The average Bonchev–Trinajstić information content (AvgIpc) is 3.39. The first-order valence-electron chi connectivity index (χ1n) is 19.0. The summed E-state index contributed by atoms with van der Waals surface area (Å²) in [5.74, 6) is -1.98. The van der Waals surface area contributed by atoms with Gasteiger partial charge >= 0.3 is 0 Å². The molecule has 1 saturated heterocycles. The first-order valence-corrected chi connectivity index (χ1v) is 19.8. The van der Waals surface area contributed by atoms with Crippen LogP contribution < -0.4 is 10.6 Å². The molecular weight excluding hydrogens is 740 g/mol. The molecule has 6 atom stereocenters. The van der Waals surface area contributed by atoms with Crippen LogP contribution in [0.5, 0.6) is 0 Å². The number of halogens is 3. The number of amides is 1. The minimum absolute atomic E-state index is 0.0436. The van der Waals surface area contributed by atoms with Crippen molar-refractivity contribution in [3.8, 4) is 0 Å². The molecule has 1 spiro atoms. The molecule has 55 heavy (non-hydrogen) atoms. The Kier molecular flexibility index (Phi) is 12.6. The van der Waals surface area contributed by atoms with Gasteiger partial charge in [0.1, 0.15) is 12.5 Å². The fourth-order valence-electron chi connectivity index (χ4n) is 9.53. The molecule has 1 aliphatic carbocycles. The maximum atomic E-state index is 16.9. The summed E-state index contributed by atoms with van der Waals surface area (Å²) >= 11 is 13.2. The summed E-state index contributed by atoms with van der Waals surface area (Å²) in [6.07, 6.45) is 0.604. The van der Waals surface area contributed by atoms with Crippen molar-refractivity contribution in [2.45, 2.75) is 94.0 Å². The van der Waals surface area contributed by atoms with Gasteiger partial charge < -0.3 is 31.1 Å². The molecule has 1 aliphatic heterocycles. The third-order valence-corrected chi connectivity index (χ3v) is 12.9. The average molecular weight is 793 g/mol. The van der Waals surface area contributed by atoms with E-state index in [-0.39, 0.29) is 29.0 Å². The van der Waals surface area contributed by atoms with Gasteiger partial charge in [-0.2, -0.15) is 0 Å². The lowest BCUT2D eigenvalue weighted by Gasteiger charge is -2.57. The number of carbonyl (C=O) groups excluding carboxylic acids is 1. The summed E-state index contributed by atoms with van der Waals surface area (Å²) in [6.45, 7) is 5.72. The summed E-state index contributed by atoms with van der Waals surface area (Å²) in [5.41, 5.74) is 0.855. The van der Waals surface area contributed by atoms with E-state index in [0.29, 0.717) is 29.1 Å². The molecule has 1 heterocycles. The Hall–Kier alpha value is -3.54. The van der Waals surface area contributed by atoms with Crippen LogP contribution >= 0.6 is 23.2 Å². The maximum Gasteiger partial charge on any atom is 0.238 e. The predicted molar refractivity (Wildman–Crippen MR) is 216 cm³/mol. The van der Waals surface area contributed by atoms with Gasteiger partial charge in [0, 0.05) is 34.1 Å². The van der Waals surface area contributed by atoms with Gasteiger partial charge in [0.2, 0.25) is 5.91 Å². The molecule has 4 aromatic rings. The van der Waals surface area contributed by atoms with E-state index in [9.17, 15) is 20.4 Å². The zero-order chi connectivity index (χ0) is 39.5. The molecule has 6 rings (SSSR count). The van der Waals surface area contributed by atoms with Crippen molar-refractivity contribution in [3.63, 3.8) is 0 Å². The number of nitrogens with zero attached hydrogens (tertiary/aromatic N) is 1. The van der Waals surface area contributed by atoms with Crippen molar-refractivity contribution in [3.05, 3.63) is 135 Å². The predicted octanol–water partition coefficient (Wildman–Crippen LogP) is 7.89. The molecule has 0 radical (unpaired) electrons. The summed E-state index contributed by atoms with van der Waals surface area (Å²) in [4.78, 5) is 17.5. The minimum atomic E-state index is -1.13. The van der Waals surface area contributed by atoms with E-state index < -0.39 is 66.2 Å². The van der Waals surface area contributed by atoms with Gasteiger partial charge in [0.05, 0.1) is 35.9 Å². The smallest absolute Gasteiger partial charge is 0.238 e. The van der Waals surface area contributed by atoms with Crippen molar-refractivity contribution < 1.29 is 29.6 Å². The number of aliphatic hydroxyl groups is 4. The fourth-order valence-corrected chi connectivity index (χ4v) is 9.89. The van der Waals surface area contributed by atoms with Crippen molar-refractivity contribution in [2.75, 3.05) is 25.2 Å². The molecule has 294 valence electrons. The van der Waals surface area contributed by atoms with E-state index in [1.54, 1.807) is 24.3 Å². The van der Waals surface area contributed by atoms with Gasteiger partial charge in [-0.15, -0.1) is 0 Å². The maximum absolute atomic E-state index is 16.9. The lowest BCUT2D eigenvalue weighted by Crippen LogP contribution is -2.61. The van der Waals surface area contributed by atoms with E-state index in [4.69, 9.17) is 23.2 Å². The number of nitrogens with one attached hydrogen (secondary N) is 2. The van der Waals surface area contributed by atoms with E-state index >= 15 is 9.18 Å². The molecule has 8 nitrogen and oxygen atoms in total. The second kappa shape index (κ2) is 16.9. The Balaban J connectivity index is 1.74. The zero-order valence-corrected chi connectivity index (χ0v) is 33.1. The lowest BCUT2D eigenvalue weighted by molar-refractivity contribution is -0.133. The Morgan fingerprint density at radius 3 is 2.13 bits per heavy atom. The fraction of sp³-hybridized carbons (Fsp3) is 0.432. The van der Waals surface area contributed by atoms with Crippen LogP contribution in [0, 0.1) is 11.2 Å². The Morgan fingerprint density at radius 2 is 1.51 bits per heavy atom. The Labute approximate surface area is 333 Å². The van der Waals surface area contributed by atoms with Gasteiger partial charge in [-0.3, -0.25) is 9.69 Å². The molecule has 1 unspecified atom stereocenters. The highest BCUT2D eigenvalue weighted by molar-refractivity contribution is 6.31. The van der Waals surface area contributed by atoms with Gasteiger partial charge in [0.15, 0.2) is 0 Å². The van der Waals surface area contributed by atoms with Crippen LogP contribution in [-0.4, -0.2) is 68.8 Å². The van der Waals surface area contributed by atoms with Crippen LogP contribution in [0.3, 0.4) is 0 Å². The van der Waals surface area contributed by atoms with Gasteiger partial charge in [-0.05, 0) is 78.0 Å². The number of rotatable bonds is 13. The summed E-state index contributed by atoms with van der Waals surface area (Å²) in [6, 6.07) is 27.4. The van der Waals surface area contributed by atoms with E-state index in [0.717, 1.165) is 24.0 Å². The molecule has 1 amide bonds. The van der Waals surface area contributed by atoms with Crippen molar-refractivity contribution in [2.24, 2.45) is 5.41 Å². The standard InChI is InChI=1S/C44H52Cl2FN3O5/c1-42(2)20-22-44(23-21-42)43(3,33-18-17-30(45)25-35(33)49-27-52)36(32-15-10-16-34(46)37(32)47)39(41(55)48-24-19-31(53)26-51)50(44)38(28-11-6-4-7-12-28)40(54)29-13-8-5-9-14-29/h4-18,25,31,36,38-40,49,51-54H,19-24,26-27H2,1-3H3,(H,48,55)/t31-,36-,38+,39+,40-,43?/m0/s1. The summed E-state index contributed by atoms with van der Waals surface area (Å²) in [7, 11) is 0. The van der Waals surface area contributed by atoms with Crippen molar-refractivity contribution in [1.29, 1.82) is 0 Å². The number of benzene rings is 4. The first-order chi connectivity index (χ1) is 26.3. The normalized spacial score (nSPS) is 23.6. The van der Waals surface area contributed by atoms with E-state index in [1.807, 2.05) is 66.7 Å². The van der Waals surface area contributed by atoms with Crippen LogP contribution in [0.1, 0.15) is 93.2 Å². The number of hydrogen-bond acceptors (Lipinski definition) is 7. The lowest BCUT2D eigenvalue weighted by atomic mass is 9.53. The molecule has 2 fully saturated rings. The molecule has 6 N–H and O–H groups in total. The quantitative estimate of drug-likeness (QED) is 0.0762. The zero-order valence-electron chi connectivity index (χ0n) is 31.6. The molecule has 2 aliphatic rings. The number of carbonyl (C=O) groups is 1. The van der Waals surface area contributed by atoms with Crippen molar-refractivity contribution >= 4 is 34.8 Å². The van der Waals surface area contributed by atoms with Crippen LogP contribution in [0.4, 0.5) is 10.1 Å². The number of anilines is 1. The number of hydrogen-bond donors (Lipinski definition) is 6. The largest absolute Gasteiger partial charge is 0.394 e. The molecule has 1 saturated carbocycles. The van der Waals surface area contributed by atoms with Crippen LogP contribution in [0.2, 0.25) is 10.0 Å². The first kappa shape index (κ1) is 41.1. The van der Waals surface area contributed by atoms with Crippen molar-refractivity contribution in [1.82, 2.24) is 10.2 Å². The molecule has 4 aromatic carbocycles. The Bertz CT molecular complexity index is 1930. The SMILES string of the molecule is CC1(C)CCC2(CC1)N([C@H](c1ccccc1)[C@@H](O)c1ccccc1)[C@@H](C(=O)NCC[C@H](O)CO)[C@H](c1cccc(Cl)c1F)C2(C)c1ccc(Cl)cc1NCO. The Morgan fingerprint density at radius 1 is 0.873 bits per heavy atom. The number of aliphatic hydroxyl groups excluding tert-OH is 4. The van der Waals surface area contributed by atoms with Gasteiger partial charge in [-0.1, -0.05) is 123 Å². The van der Waals surface area contributed by atoms with Gasteiger partial charge in [0.25, 0.3) is 0 Å². The minimum Gasteiger partial charge on any atom is -0.394 e. The van der Waals surface area contributed by atoms with Gasteiger partial charge in [-0.25, -0.2) is 4.39 Å². The summed E-state index contributed by atoms with van der Waals surface area (Å²) < 4.78 is 16.9. The topological polar surface area (TPSA) is 125 Å². The third kappa shape index (κ3) is 7.77. The molecule has 11 heteroatoms. The van der Waals surface area contributed by atoms with Crippen LogP contribution in [0.25, 0.3) is 0 Å². The van der Waals surface area contributed by atoms with Crippen LogP contribution in [-0.2, 0) is 10.2 Å². The van der Waals surface area contributed by atoms with E-state index in [2.05, 4.69) is 36.3 Å². The number of likely N-dealkylation sites (tertiary alicyclic amines) is 1. The summed E-state index contributed by atoms with van der Waals surface area (Å²) in [5, 5.41) is 49.4. The third-order valence-electron chi connectivity index (χ3n) is 12.4. The molecular formula is C44H52Cl2FN3O5. The van der Waals surface area contributed by atoms with Crippen LogP contribution in [0.15, 0.2) is 97.1 Å². The highest BCUT2D eigenvalue weighted by Gasteiger charge is 2.71. The highest BCUT2D eigenvalue weighted by atomic mass is 35.5. The monoisotopic (exact) mass is 791 g/mol. The second-order valence-corrected chi connectivity index (χ2v) is 16.9. The molecule has 0 aromatic heterocycles. The molecule has 0 bridgehead atoms.